The first-order valence-corrected chi connectivity index (χ1v) is 5.09. The highest BCUT2D eigenvalue weighted by Crippen LogP contribution is 2.74. The van der Waals surface area contributed by atoms with Gasteiger partial charge in [0.15, 0.2) is 0 Å². The molecule has 14 heavy (non-hydrogen) atoms. The predicted molar refractivity (Wildman–Crippen MR) is 55.8 cm³/mol. The van der Waals surface area contributed by atoms with Gasteiger partial charge in [-0.25, -0.2) is 0 Å². The fourth-order valence-corrected chi connectivity index (χ4v) is 3.54. The molecule has 2 rings (SSSR count). The monoisotopic (exact) mass is 194 g/mol. The summed E-state index contributed by atoms with van der Waals surface area (Å²) in [5, 5.41) is 18.6. The van der Waals surface area contributed by atoms with Gasteiger partial charge in [-0.15, -0.1) is 0 Å². The van der Waals surface area contributed by atoms with E-state index in [-0.39, 0.29) is 24.0 Å². The van der Waals surface area contributed by atoms with E-state index < -0.39 is 0 Å². The Morgan fingerprint density at radius 2 is 1.14 bits per heavy atom. The largest absolute Gasteiger partial charge is 0.392 e. The molecular weight excluding hydrogens is 176 g/mol. The quantitative estimate of drug-likeness (QED) is 0.656. The highest BCUT2D eigenvalue weighted by Gasteiger charge is 2.66. The van der Waals surface area contributed by atoms with Crippen molar-refractivity contribution < 1.29 is 10.2 Å². The van der Waals surface area contributed by atoms with Crippen molar-refractivity contribution in [1.29, 1.82) is 0 Å². The molecule has 78 valence electrons. The minimum Gasteiger partial charge on any atom is -0.392 e. The summed E-state index contributed by atoms with van der Waals surface area (Å²) >= 11 is 0. The Hall–Kier alpha value is -0.600. The molecule has 2 unspecified atom stereocenters. The molecule has 0 fully saturated rings. The van der Waals surface area contributed by atoms with E-state index in [0.29, 0.717) is 0 Å². The number of hydrogen-bond donors (Lipinski definition) is 2. The molecule has 2 N–H and O–H groups in total. The first-order valence-electron chi connectivity index (χ1n) is 5.09. The van der Waals surface area contributed by atoms with Crippen molar-refractivity contribution in [1.82, 2.24) is 0 Å². The average molecular weight is 194 g/mol. The molecule has 0 aliphatic heterocycles. The van der Waals surface area contributed by atoms with Gasteiger partial charge in [0.05, 0.1) is 13.2 Å². The van der Waals surface area contributed by atoms with Crippen LogP contribution in [-0.2, 0) is 0 Å². The summed E-state index contributed by atoms with van der Waals surface area (Å²) in [6.45, 7) is 8.74. The Balaban J connectivity index is 2.54. The van der Waals surface area contributed by atoms with E-state index in [1.165, 1.54) is 11.1 Å². The molecule has 2 atom stereocenters. The van der Waals surface area contributed by atoms with E-state index in [9.17, 15) is 10.2 Å². The normalized spacial score (nSPS) is 40.7. The van der Waals surface area contributed by atoms with Crippen molar-refractivity contribution >= 4 is 0 Å². The second-order valence-electron chi connectivity index (χ2n) is 4.77. The molecule has 2 aliphatic rings. The van der Waals surface area contributed by atoms with Gasteiger partial charge in [0.25, 0.3) is 0 Å². The number of allylic oxidation sites excluding steroid dienone is 2. The predicted octanol–water partition coefficient (Wildman–Crippen LogP) is 1.64. The summed E-state index contributed by atoms with van der Waals surface area (Å²) < 4.78 is 0. The average Bonchev–Trinajstić information content (AvgIpc) is 2.20. The molecule has 2 heteroatoms. The van der Waals surface area contributed by atoms with E-state index in [1.54, 1.807) is 0 Å². The molecule has 0 aromatic heterocycles. The van der Waals surface area contributed by atoms with E-state index in [4.69, 9.17) is 0 Å². The Kier molecular flexibility index (Phi) is 1.77. The van der Waals surface area contributed by atoms with Gasteiger partial charge in [-0.3, -0.25) is 0 Å². The molecule has 0 saturated carbocycles. The van der Waals surface area contributed by atoms with Gasteiger partial charge < -0.3 is 10.2 Å². The molecule has 2 nitrogen and oxygen atoms in total. The maximum absolute atomic E-state index is 9.30. The van der Waals surface area contributed by atoms with Gasteiger partial charge >= 0.3 is 0 Å². The third-order valence-corrected chi connectivity index (χ3v) is 4.95. The summed E-state index contributed by atoms with van der Waals surface area (Å²) in [5.74, 6) is 0. The zero-order valence-electron chi connectivity index (χ0n) is 9.31. The Morgan fingerprint density at radius 3 is 1.36 bits per heavy atom. The molecule has 0 spiro atoms. The molecule has 0 radical (unpaired) electrons. The summed E-state index contributed by atoms with van der Waals surface area (Å²) in [5.41, 5.74) is 4.83. The second kappa shape index (κ2) is 2.50. The van der Waals surface area contributed by atoms with E-state index >= 15 is 0 Å². The van der Waals surface area contributed by atoms with Crippen molar-refractivity contribution in [3.8, 4) is 0 Å². The van der Waals surface area contributed by atoms with Gasteiger partial charge in [0, 0.05) is 10.8 Å². The molecule has 0 saturated heterocycles. The minimum atomic E-state index is 0.0178. The lowest BCUT2D eigenvalue weighted by molar-refractivity contribution is 0.0820. The Bertz CT molecular complexity index is 331. The van der Waals surface area contributed by atoms with Gasteiger partial charge in [0.2, 0.25) is 0 Å². The minimum absolute atomic E-state index is 0.0178. The third-order valence-electron chi connectivity index (χ3n) is 4.95. The van der Waals surface area contributed by atoms with Crippen LogP contribution in [-0.4, -0.2) is 23.4 Å². The third kappa shape index (κ3) is 0.625. The summed E-state index contributed by atoms with van der Waals surface area (Å²) in [6.07, 6.45) is 0. The second-order valence-corrected chi connectivity index (χ2v) is 4.77. The van der Waals surface area contributed by atoms with Crippen LogP contribution in [0.3, 0.4) is 0 Å². The van der Waals surface area contributed by atoms with Crippen LogP contribution in [0.1, 0.15) is 27.7 Å². The molecule has 0 heterocycles. The maximum Gasteiger partial charge on any atom is 0.0654 e. The first-order chi connectivity index (χ1) is 6.46. The Morgan fingerprint density at radius 1 is 0.857 bits per heavy atom. The van der Waals surface area contributed by atoms with Gasteiger partial charge in [0.1, 0.15) is 0 Å². The summed E-state index contributed by atoms with van der Waals surface area (Å²) in [7, 11) is 0. The van der Waals surface area contributed by atoms with Crippen LogP contribution in [0.4, 0.5) is 0 Å². The van der Waals surface area contributed by atoms with Crippen molar-refractivity contribution in [3.63, 3.8) is 0 Å². The van der Waals surface area contributed by atoms with E-state index in [1.807, 2.05) is 0 Å². The molecule has 0 amide bonds. The summed E-state index contributed by atoms with van der Waals surface area (Å²) in [4.78, 5) is 0. The number of fused-ring (bicyclic) bond motifs is 1. The standard InChI is InChI=1S/C12H18O2/c1-7-8(2)12(4)10(6-14)9(5-13)11(7,12)3/h13-14H,5-6H2,1-4H3. The van der Waals surface area contributed by atoms with Crippen LogP contribution < -0.4 is 0 Å². The van der Waals surface area contributed by atoms with Crippen LogP contribution >= 0.6 is 0 Å². The van der Waals surface area contributed by atoms with Crippen LogP contribution in [0.15, 0.2) is 22.3 Å². The van der Waals surface area contributed by atoms with Crippen LogP contribution in [0.25, 0.3) is 0 Å². The van der Waals surface area contributed by atoms with Crippen molar-refractivity contribution in [2.24, 2.45) is 10.8 Å². The van der Waals surface area contributed by atoms with Crippen LogP contribution in [0.2, 0.25) is 0 Å². The molecule has 0 aromatic carbocycles. The topological polar surface area (TPSA) is 40.5 Å². The highest BCUT2D eigenvalue weighted by molar-refractivity contribution is 5.64. The van der Waals surface area contributed by atoms with Crippen LogP contribution in [0.5, 0.6) is 0 Å². The SMILES string of the molecule is CC1=C(C)C2(C)C(CO)=C(CO)C12C. The fraction of sp³-hybridized carbons (Fsp3) is 0.667. The maximum atomic E-state index is 9.30. The lowest BCUT2D eigenvalue weighted by Crippen LogP contribution is -2.60. The van der Waals surface area contributed by atoms with E-state index in [2.05, 4.69) is 27.7 Å². The van der Waals surface area contributed by atoms with Gasteiger partial charge in [-0.1, -0.05) is 25.0 Å². The zero-order chi connectivity index (χ0) is 10.7. The fourth-order valence-electron chi connectivity index (χ4n) is 3.54. The van der Waals surface area contributed by atoms with Gasteiger partial charge in [-0.05, 0) is 25.0 Å². The van der Waals surface area contributed by atoms with Crippen molar-refractivity contribution in [2.75, 3.05) is 13.2 Å². The first kappa shape index (κ1) is 9.94. The summed E-state index contributed by atoms with van der Waals surface area (Å²) in [6, 6.07) is 0. The van der Waals surface area contributed by atoms with Crippen molar-refractivity contribution in [2.45, 2.75) is 27.7 Å². The highest BCUT2D eigenvalue weighted by atomic mass is 16.3. The lowest BCUT2D eigenvalue weighted by atomic mass is 9.36. The smallest absolute Gasteiger partial charge is 0.0654 e. The Labute approximate surface area is 85.0 Å². The number of rotatable bonds is 2. The number of hydrogen-bond acceptors (Lipinski definition) is 2. The number of aliphatic hydroxyl groups excluding tert-OH is 2. The molecule has 2 aliphatic carbocycles. The van der Waals surface area contributed by atoms with Crippen molar-refractivity contribution in [3.05, 3.63) is 22.3 Å². The zero-order valence-corrected chi connectivity index (χ0v) is 9.31. The molecule has 0 bridgehead atoms. The number of aliphatic hydroxyl groups is 2. The molecule has 0 aromatic rings. The van der Waals surface area contributed by atoms with Crippen LogP contribution in [0, 0.1) is 10.8 Å². The van der Waals surface area contributed by atoms with Gasteiger partial charge in [-0.2, -0.15) is 0 Å². The lowest BCUT2D eigenvalue weighted by Gasteiger charge is -2.67. The van der Waals surface area contributed by atoms with E-state index in [0.717, 1.165) is 11.1 Å². The molecular formula is C12H18O2.